The lowest BCUT2D eigenvalue weighted by molar-refractivity contribution is 0.267. The SMILES string of the molecule is ON=C(Oc1ccccc1)Oc1ccccc1. The molecule has 86 valence electrons. The zero-order valence-electron chi connectivity index (χ0n) is 8.98. The summed E-state index contributed by atoms with van der Waals surface area (Å²) < 4.78 is 10.5. The van der Waals surface area contributed by atoms with Crippen LogP contribution in [-0.2, 0) is 0 Å². The third-order valence-corrected chi connectivity index (χ3v) is 1.98. The molecule has 0 saturated carbocycles. The van der Waals surface area contributed by atoms with Gasteiger partial charge in [-0.05, 0) is 29.4 Å². The third-order valence-electron chi connectivity index (χ3n) is 1.98. The molecular formula is C13H11NO3. The summed E-state index contributed by atoms with van der Waals surface area (Å²) in [6, 6.07) is 17.9. The molecule has 1 N–H and O–H groups in total. The van der Waals surface area contributed by atoms with E-state index in [1.165, 1.54) is 0 Å². The molecule has 0 amide bonds. The molecule has 0 spiro atoms. The van der Waals surface area contributed by atoms with Gasteiger partial charge in [0.1, 0.15) is 11.5 Å². The Balaban J connectivity index is 2.04. The predicted octanol–water partition coefficient (Wildman–Crippen LogP) is 2.89. The summed E-state index contributed by atoms with van der Waals surface area (Å²) in [5.74, 6) is 1.08. The molecule has 0 atom stereocenters. The average molecular weight is 229 g/mol. The van der Waals surface area contributed by atoms with Crippen molar-refractivity contribution in [1.82, 2.24) is 0 Å². The highest BCUT2D eigenvalue weighted by atomic mass is 16.7. The molecule has 0 aliphatic rings. The molecule has 2 aromatic rings. The van der Waals surface area contributed by atoms with E-state index in [1.807, 2.05) is 36.4 Å². The highest BCUT2D eigenvalue weighted by Gasteiger charge is 2.05. The van der Waals surface area contributed by atoms with Crippen LogP contribution in [0.3, 0.4) is 0 Å². The van der Waals surface area contributed by atoms with E-state index in [2.05, 4.69) is 5.16 Å². The fourth-order valence-corrected chi connectivity index (χ4v) is 1.24. The third kappa shape index (κ3) is 3.24. The lowest BCUT2D eigenvalue weighted by atomic mass is 10.3. The summed E-state index contributed by atoms with van der Waals surface area (Å²) in [5.41, 5.74) is 0. The van der Waals surface area contributed by atoms with E-state index in [9.17, 15) is 0 Å². The second kappa shape index (κ2) is 5.55. The quantitative estimate of drug-likeness (QED) is 0.373. The van der Waals surface area contributed by atoms with Gasteiger partial charge in [-0.15, -0.1) is 0 Å². The Hall–Kier alpha value is -2.49. The van der Waals surface area contributed by atoms with Gasteiger partial charge in [-0.3, -0.25) is 0 Å². The zero-order valence-corrected chi connectivity index (χ0v) is 8.98. The first kappa shape index (κ1) is 11.0. The van der Waals surface area contributed by atoms with E-state index in [-0.39, 0.29) is 6.08 Å². The van der Waals surface area contributed by atoms with Crippen LogP contribution in [-0.4, -0.2) is 11.3 Å². The molecule has 4 nitrogen and oxygen atoms in total. The molecule has 0 fully saturated rings. The van der Waals surface area contributed by atoms with Crippen molar-refractivity contribution in [3.8, 4) is 11.5 Å². The number of hydrogen-bond acceptors (Lipinski definition) is 4. The Bertz CT molecular complexity index is 439. The number of para-hydroxylation sites is 2. The molecule has 0 aliphatic heterocycles. The molecule has 2 rings (SSSR count). The van der Waals surface area contributed by atoms with Gasteiger partial charge in [0.15, 0.2) is 0 Å². The second-order valence-corrected chi connectivity index (χ2v) is 3.20. The lowest BCUT2D eigenvalue weighted by Gasteiger charge is -2.07. The van der Waals surface area contributed by atoms with Crippen molar-refractivity contribution in [3.63, 3.8) is 0 Å². The fraction of sp³-hybridized carbons (Fsp3) is 0. The minimum absolute atomic E-state index is 0.220. The van der Waals surface area contributed by atoms with Crippen LogP contribution in [0.25, 0.3) is 0 Å². The maximum Gasteiger partial charge on any atom is 0.433 e. The van der Waals surface area contributed by atoms with Crippen LogP contribution in [0.15, 0.2) is 65.8 Å². The average Bonchev–Trinajstić information content (AvgIpc) is 2.40. The van der Waals surface area contributed by atoms with Crippen molar-refractivity contribution in [3.05, 3.63) is 60.7 Å². The van der Waals surface area contributed by atoms with Crippen LogP contribution in [0.5, 0.6) is 11.5 Å². The number of benzene rings is 2. The summed E-state index contributed by atoms with van der Waals surface area (Å²) in [5, 5.41) is 11.7. The molecule has 0 aliphatic carbocycles. The van der Waals surface area contributed by atoms with Gasteiger partial charge in [-0.25, -0.2) is 0 Å². The molecule has 4 heteroatoms. The summed E-state index contributed by atoms with van der Waals surface area (Å²) in [7, 11) is 0. The van der Waals surface area contributed by atoms with Gasteiger partial charge < -0.3 is 14.7 Å². The maximum atomic E-state index is 8.79. The van der Waals surface area contributed by atoms with Crippen LogP contribution < -0.4 is 9.47 Å². The first-order valence-electron chi connectivity index (χ1n) is 5.06. The Morgan fingerprint density at radius 1 is 0.765 bits per heavy atom. The van der Waals surface area contributed by atoms with E-state index < -0.39 is 0 Å². The van der Waals surface area contributed by atoms with Crippen LogP contribution in [0.1, 0.15) is 0 Å². The van der Waals surface area contributed by atoms with Crippen LogP contribution >= 0.6 is 0 Å². The van der Waals surface area contributed by atoms with Crippen LogP contribution in [0, 0.1) is 0 Å². The number of nitrogens with zero attached hydrogens (tertiary/aromatic N) is 1. The van der Waals surface area contributed by atoms with Gasteiger partial charge in [-0.2, -0.15) is 0 Å². The van der Waals surface area contributed by atoms with Crippen molar-refractivity contribution >= 4 is 6.08 Å². The Morgan fingerprint density at radius 3 is 1.53 bits per heavy atom. The summed E-state index contributed by atoms with van der Waals surface area (Å²) in [6.07, 6.45) is -0.220. The van der Waals surface area contributed by atoms with Gasteiger partial charge in [-0.1, -0.05) is 36.4 Å². The van der Waals surface area contributed by atoms with Gasteiger partial charge in [0.25, 0.3) is 0 Å². The van der Waals surface area contributed by atoms with Gasteiger partial charge in [0, 0.05) is 0 Å². The molecule has 17 heavy (non-hydrogen) atoms. The van der Waals surface area contributed by atoms with Crippen molar-refractivity contribution in [1.29, 1.82) is 0 Å². The monoisotopic (exact) mass is 229 g/mol. The number of rotatable bonds is 2. The van der Waals surface area contributed by atoms with Crippen molar-refractivity contribution < 1.29 is 14.7 Å². The van der Waals surface area contributed by atoms with E-state index in [4.69, 9.17) is 14.7 Å². The number of ether oxygens (including phenoxy) is 2. The standard InChI is InChI=1S/C13H11NO3/c15-14-13(16-11-7-3-1-4-8-11)17-12-9-5-2-6-10-12/h1-10,15H. The molecule has 2 aromatic carbocycles. The fourth-order valence-electron chi connectivity index (χ4n) is 1.24. The molecular weight excluding hydrogens is 218 g/mol. The smallest absolute Gasteiger partial charge is 0.409 e. The summed E-state index contributed by atoms with van der Waals surface area (Å²) in [4.78, 5) is 0. The Morgan fingerprint density at radius 2 is 1.18 bits per heavy atom. The Labute approximate surface area is 98.7 Å². The second-order valence-electron chi connectivity index (χ2n) is 3.20. The zero-order chi connectivity index (χ0) is 11.9. The largest absolute Gasteiger partial charge is 0.433 e. The summed E-state index contributed by atoms with van der Waals surface area (Å²) in [6.45, 7) is 0. The molecule has 0 saturated heterocycles. The normalized spacial score (nSPS) is 9.41. The topological polar surface area (TPSA) is 51.1 Å². The number of hydrogen-bond donors (Lipinski definition) is 1. The first-order valence-corrected chi connectivity index (χ1v) is 5.06. The molecule has 0 aromatic heterocycles. The van der Waals surface area contributed by atoms with Crippen molar-refractivity contribution in [2.24, 2.45) is 5.16 Å². The molecule has 0 radical (unpaired) electrons. The van der Waals surface area contributed by atoms with E-state index in [1.54, 1.807) is 24.3 Å². The van der Waals surface area contributed by atoms with Gasteiger partial charge in [0.2, 0.25) is 0 Å². The molecule has 0 heterocycles. The maximum absolute atomic E-state index is 8.79. The van der Waals surface area contributed by atoms with Gasteiger partial charge in [0.05, 0.1) is 0 Å². The highest BCUT2D eigenvalue weighted by Crippen LogP contribution is 2.12. The molecule has 0 bridgehead atoms. The van der Waals surface area contributed by atoms with E-state index in [0.29, 0.717) is 11.5 Å². The van der Waals surface area contributed by atoms with Crippen LogP contribution in [0.4, 0.5) is 0 Å². The Kier molecular flexibility index (Phi) is 3.60. The first-order chi connectivity index (χ1) is 8.38. The van der Waals surface area contributed by atoms with E-state index >= 15 is 0 Å². The predicted molar refractivity (Wildman–Crippen MR) is 63.4 cm³/mol. The minimum atomic E-state index is -0.220. The summed E-state index contributed by atoms with van der Waals surface area (Å²) >= 11 is 0. The minimum Gasteiger partial charge on any atom is -0.409 e. The number of oxime groups is 1. The van der Waals surface area contributed by atoms with Gasteiger partial charge >= 0.3 is 6.08 Å². The molecule has 0 unspecified atom stereocenters. The van der Waals surface area contributed by atoms with Crippen molar-refractivity contribution in [2.75, 3.05) is 0 Å². The van der Waals surface area contributed by atoms with E-state index in [0.717, 1.165) is 0 Å². The highest BCUT2D eigenvalue weighted by molar-refractivity contribution is 5.72. The van der Waals surface area contributed by atoms with Crippen molar-refractivity contribution in [2.45, 2.75) is 0 Å². The van der Waals surface area contributed by atoms with Crippen LogP contribution in [0.2, 0.25) is 0 Å². The lowest BCUT2D eigenvalue weighted by Crippen LogP contribution is -2.16.